The van der Waals surface area contributed by atoms with Crippen molar-refractivity contribution in [2.45, 2.75) is 32.2 Å². The summed E-state index contributed by atoms with van der Waals surface area (Å²) in [5.41, 5.74) is 2.13. The van der Waals surface area contributed by atoms with Gasteiger partial charge in [-0.1, -0.05) is 31.2 Å². The first-order chi connectivity index (χ1) is 15.0. The molecule has 0 saturated carbocycles. The number of carbonyl (C=O) groups is 1. The van der Waals surface area contributed by atoms with E-state index in [0.717, 1.165) is 10.6 Å². The van der Waals surface area contributed by atoms with Gasteiger partial charge in [-0.15, -0.1) is 11.3 Å². The zero-order chi connectivity index (χ0) is 21.8. The molecule has 9 heteroatoms. The fourth-order valence-electron chi connectivity index (χ4n) is 3.79. The molecular weight excluding hydrogens is 432 g/mol. The SMILES string of the molecule is CCCS(=O)(=O)NC1CCN(C(=O)c2cn(-c3ccccc3)nc2-c2cccs2)CC1. The normalized spacial score (nSPS) is 15.3. The summed E-state index contributed by atoms with van der Waals surface area (Å²) in [4.78, 5) is 16.1. The number of hydrogen-bond donors (Lipinski definition) is 1. The van der Waals surface area contributed by atoms with E-state index >= 15 is 0 Å². The number of para-hydroxylation sites is 1. The highest BCUT2D eigenvalue weighted by Crippen LogP contribution is 2.29. The summed E-state index contributed by atoms with van der Waals surface area (Å²) in [6.07, 6.45) is 3.60. The second-order valence-electron chi connectivity index (χ2n) is 7.65. The first kappa shape index (κ1) is 21.7. The van der Waals surface area contributed by atoms with Gasteiger partial charge in [0.15, 0.2) is 0 Å². The molecule has 1 amide bonds. The maximum atomic E-state index is 13.4. The minimum absolute atomic E-state index is 0.0690. The minimum atomic E-state index is -3.25. The summed E-state index contributed by atoms with van der Waals surface area (Å²) in [5, 5.41) is 6.68. The van der Waals surface area contributed by atoms with Gasteiger partial charge in [-0.25, -0.2) is 17.8 Å². The Morgan fingerprint density at radius 2 is 1.90 bits per heavy atom. The molecule has 1 N–H and O–H groups in total. The molecule has 1 saturated heterocycles. The van der Waals surface area contributed by atoms with Gasteiger partial charge in [-0.2, -0.15) is 5.10 Å². The van der Waals surface area contributed by atoms with Crippen LogP contribution in [0.15, 0.2) is 54.0 Å². The van der Waals surface area contributed by atoms with Gasteiger partial charge in [0.1, 0.15) is 5.69 Å². The number of likely N-dealkylation sites (tertiary alicyclic amines) is 1. The number of thiophene rings is 1. The standard InChI is InChI=1S/C22H26N4O3S2/c1-2-15-31(28,29)24-17-10-12-25(13-11-17)22(27)19-16-26(18-7-4-3-5-8-18)23-21(19)20-9-6-14-30-20/h3-9,14,16-17,24H,2,10-13,15H2,1H3. The van der Waals surface area contributed by atoms with Crippen LogP contribution in [0.25, 0.3) is 16.3 Å². The predicted molar refractivity (Wildman–Crippen MR) is 123 cm³/mol. The van der Waals surface area contributed by atoms with Gasteiger partial charge < -0.3 is 4.90 Å². The molecule has 3 aromatic rings. The van der Waals surface area contributed by atoms with Crippen molar-refractivity contribution >= 4 is 27.3 Å². The maximum absolute atomic E-state index is 13.4. The van der Waals surface area contributed by atoms with Crippen molar-refractivity contribution in [1.82, 2.24) is 19.4 Å². The van der Waals surface area contributed by atoms with Gasteiger partial charge in [0.2, 0.25) is 10.0 Å². The average molecular weight is 459 g/mol. The Kier molecular flexibility index (Phi) is 6.54. The molecule has 7 nitrogen and oxygen atoms in total. The minimum Gasteiger partial charge on any atom is -0.338 e. The fourth-order valence-corrected chi connectivity index (χ4v) is 5.91. The van der Waals surface area contributed by atoms with Crippen LogP contribution in [-0.4, -0.2) is 53.9 Å². The van der Waals surface area contributed by atoms with Crippen molar-refractivity contribution in [3.8, 4) is 16.3 Å². The van der Waals surface area contributed by atoms with E-state index in [4.69, 9.17) is 5.10 Å². The van der Waals surface area contributed by atoms with Gasteiger partial charge >= 0.3 is 0 Å². The molecule has 1 fully saturated rings. The predicted octanol–water partition coefficient (Wildman–Crippen LogP) is 3.53. The lowest BCUT2D eigenvalue weighted by Crippen LogP contribution is -2.47. The number of carbonyl (C=O) groups excluding carboxylic acids is 1. The monoisotopic (exact) mass is 458 g/mol. The zero-order valence-corrected chi connectivity index (χ0v) is 19.0. The Bertz CT molecular complexity index is 1120. The molecule has 164 valence electrons. The fraction of sp³-hybridized carbons (Fsp3) is 0.364. The number of nitrogens with one attached hydrogen (secondary N) is 1. The Morgan fingerprint density at radius 3 is 2.55 bits per heavy atom. The molecule has 2 aromatic heterocycles. The number of sulfonamides is 1. The topological polar surface area (TPSA) is 84.3 Å². The number of piperidine rings is 1. The van der Waals surface area contributed by atoms with E-state index in [9.17, 15) is 13.2 Å². The van der Waals surface area contributed by atoms with E-state index in [2.05, 4.69) is 4.72 Å². The summed E-state index contributed by atoms with van der Waals surface area (Å²) in [6, 6.07) is 13.5. The van der Waals surface area contributed by atoms with Crippen LogP contribution in [0, 0.1) is 0 Å². The van der Waals surface area contributed by atoms with E-state index in [1.807, 2.05) is 54.8 Å². The van der Waals surface area contributed by atoms with Crippen molar-refractivity contribution in [3.05, 3.63) is 59.6 Å². The van der Waals surface area contributed by atoms with E-state index in [-0.39, 0.29) is 17.7 Å². The summed E-state index contributed by atoms with van der Waals surface area (Å²) in [5.74, 6) is 0.0649. The van der Waals surface area contributed by atoms with Crippen LogP contribution in [0.1, 0.15) is 36.5 Å². The van der Waals surface area contributed by atoms with E-state index in [1.54, 1.807) is 27.1 Å². The largest absolute Gasteiger partial charge is 0.338 e. The van der Waals surface area contributed by atoms with Gasteiger partial charge in [0.25, 0.3) is 5.91 Å². The van der Waals surface area contributed by atoms with Gasteiger partial charge in [-0.05, 0) is 42.8 Å². The molecule has 0 unspecified atom stereocenters. The Balaban J connectivity index is 1.53. The van der Waals surface area contributed by atoms with E-state index in [0.29, 0.717) is 43.6 Å². The molecule has 31 heavy (non-hydrogen) atoms. The molecule has 0 spiro atoms. The van der Waals surface area contributed by atoms with Crippen molar-refractivity contribution in [1.29, 1.82) is 0 Å². The van der Waals surface area contributed by atoms with Crippen molar-refractivity contribution in [2.24, 2.45) is 0 Å². The molecule has 0 radical (unpaired) electrons. The van der Waals surface area contributed by atoms with Crippen LogP contribution in [-0.2, 0) is 10.0 Å². The number of rotatable bonds is 7. The zero-order valence-electron chi connectivity index (χ0n) is 17.4. The van der Waals surface area contributed by atoms with E-state index in [1.165, 1.54) is 0 Å². The smallest absolute Gasteiger partial charge is 0.257 e. The van der Waals surface area contributed by atoms with Crippen LogP contribution < -0.4 is 4.72 Å². The van der Waals surface area contributed by atoms with Crippen LogP contribution in [0.4, 0.5) is 0 Å². The molecule has 4 rings (SSSR count). The van der Waals surface area contributed by atoms with E-state index < -0.39 is 10.0 Å². The molecule has 0 bridgehead atoms. The third kappa shape index (κ3) is 5.06. The molecule has 0 atom stereocenters. The highest BCUT2D eigenvalue weighted by molar-refractivity contribution is 7.89. The highest BCUT2D eigenvalue weighted by Gasteiger charge is 2.29. The Labute approximate surface area is 186 Å². The second-order valence-corrected chi connectivity index (χ2v) is 10.5. The summed E-state index contributed by atoms with van der Waals surface area (Å²) < 4.78 is 28.6. The molecule has 1 aromatic carbocycles. The van der Waals surface area contributed by atoms with Crippen LogP contribution in [0.3, 0.4) is 0 Å². The first-order valence-electron chi connectivity index (χ1n) is 10.4. The molecule has 1 aliphatic heterocycles. The van der Waals surface area contributed by atoms with Crippen LogP contribution in [0.5, 0.6) is 0 Å². The number of amides is 1. The van der Waals surface area contributed by atoms with Crippen LogP contribution in [0.2, 0.25) is 0 Å². The number of aromatic nitrogens is 2. The maximum Gasteiger partial charge on any atom is 0.257 e. The summed E-state index contributed by atoms with van der Waals surface area (Å²) in [6.45, 7) is 2.87. The third-order valence-corrected chi connectivity index (χ3v) is 7.84. The Hall–Kier alpha value is -2.49. The lowest BCUT2D eigenvalue weighted by molar-refractivity contribution is 0.0712. The van der Waals surface area contributed by atoms with Crippen molar-refractivity contribution in [3.63, 3.8) is 0 Å². The molecule has 0 aliphatic carbocycles. The number of nitrogens with zero attached hydrogens (tertiary/aromatic N) is 3. The van der Waals surface area contributed by atoms with Gasteiger partial charge in [0, 0.05) is 25.3 Å². The lowest BCUT2D eigenvalue weighted by Gasteiger charge is -2.32. The molecule has 1 aliphatic rings. The first-order valence-corrected chi connectivity index (χ1v) is 13.0. The van der Waals surface area contributed by atoms with Crippen LogP contribution >= 0.6 is 11.3 Å². The number of hydrogen-bond acceptors (Lipinski definition) is 5. The van der Waals surface area contributed by atoms with Gasteiger partial charge in [0.05, 0.1) is 21.9 Å². The quantitative estimate of drug-likeness (QED) is 0.587. The molecular formula is C22H26N4O3S2. The number of benzene rings is 1. The van der Waals surface area contributed by atoms with Crippen molar-refractivity contribution < 1.29 is 13.2 Å². The average Bonchev–Trinajstić information content (AvgIpc) is 3.44. The Morgan fingerprint density at radius 1 is 1.16 bits per heavy atom. The van der Waals surface area contributed by atoms with Gasteiger partial charge in [-0.3, -0.25) is 4.79 Å². The summed E-state index contributed by atoms with van der Waals surface area (Å²) in [7, 11) is -3.25. The third-order valence-electron chi connectivity index (χ3n) is 5.32. The lowest BCUT2D eigenvalue weighted by atomic mass is 10.0. The van der Waals surface area contributed by atoms with Crippen molar-refractivity contribution in [2.75, 3.05) is 18.8 Å². The highest BCUT2D eigenvalue weighted by atomic mass is 32.2. The second kappa shape index (κ2) is 9.33. The molecule has 3 heterocycles. The summed E-state index contributed by atoms with van der Waals surface area (Å²) >= 11 is 1.55.